The van der Waals surface area contributed by atoms with Crippen molar-refractivity contribution in [3.63, 3.8) is 0 Å². The summed E-state index contributed by atoms with van der Waals surface area (Å²) in [5, 5.41) is 15.6. The van der Waals surface area contributed by atoms with Crippen LogP contribution in [0.15, 0.2) is 64.4 Å². The smallest absolute Gasteiger partial charge is 0.328 e. The van der Waals surface area contributed by atoms with Gasteiger partial charge >= 0.3 is 11.9 Å². The normalized spacial score (nSPS) is 13.7. The van der Waals surface area contributed by atoms with Crippen LogP contribution in [0, 0.1) is 5.82 Å². The van der Waals surface area contributed by atoms with Gasteiger partial charge in [-0.1, -0.05) is 43.8 Å². The number of hydrogen-bond acceptors (Lipinski definition) is 4. The molecule has 2 aromatic rings. The van der Waals surface area contributed by atoms with E-state index in [9.17, 15) is 14.0 Å². The van der Waals surface area contributed by atoms with E-state index < -0.39 is 11.9 Å². The van der Waals surface area contributed by atoms with Crippen molar-refractivity contribution in [3.8, 4) is 0 Å². The van der Waals surface area contributed by atoms with E-state index in [2.05, 4.69) is 57.1 Å². The van der Waals surface area contributed by atoms with E-state index in [1.165, 1.54) is 21.6 Å². The Hall–Kier alpha value is -2.90. The molecule has 1 aliphatic heterocycles. The third-order valence-corrected chi connectivity index (χ3v) is 5.84. The number of carboxylic acids is 2. The fourth-order valence-corrected chi connectivity index (χ4v) is 4.21. The molecule has 170 valence electrons. The molecule has 0 saturated carbocycles. The summed E-state index contributed by atoms with van der Waals surface area (Å²) >= 11 is 1.67. The fourth-order valence-electron chi connectivity index (χ4n) is 3.10. The molecule has 0 bridgehead atoms. The van der Waals surface area contributed by atoms with Crippen molar-refractivity contribution in [2.75, 3.05) is 20.6 Å². The van der Waals surface area contributed by atoms with E-state index in [4.69, 9.17) is 10.2 Å². The van der Waals surface area contributed by atoms with Crippen LogP contribution in [-0.2, 0) is 9.59 Å². The Balaban J connectivity index is 0.000000390. The highest BCUT2D eigenvalue weighted by atomic mass is 32.2. The summed E-state index contributed by atoms with van der Waals surface area (Å²) in [5.41, 5.74) is 5.01. The Bertz CT molecular complexity index is 1030. The first-order valence-corrected chi connectivity index (χ1v) is 11.0. The van der Waals surface area contributed by atoms with Crippen molar-refractivity contribution in [2.24, 2.45) is 0 Å². The quantitative estimate of drug-likeness (QED) is 0.476. The predicted octanol–water partition coefficient (Wildman–Crippen LogP) is 5.51. The Kier molecular flexibility index (Phi) is 9.23. The van der Waals surface area contributed by atoms with E-state index in [1.54, 1.807) is 23.9 Å². The summed E-state index contributed by atoms with van der Waals surface area (Å²) in [6.07, 6.45) is 4.40. The van der Waals surface area contributed by atoms with E-state index >= 15 is 0 Å². The summed E-state index contributed by atoms with van der Waals surface area (Å²) in [6, 6.07) is 11.8. The number of nitrogens with zero attached hydrogens (tertiary/aromatic N) is 1. The highest BCUT2D eigenvalue weighted by Gasteiger charge is 2.22. The first-order chi connectivity index (χ1) is 15.1. The minimum Gasteiger partial charge on any atom is -0.478 e. The van der Waals surface area contributed by atoms with Crippen LogP contribution >= 0.6 is 11.8 Å². The Morgan fingerprint density at radius 2 is 1.66 bits per heavy atom. The largest absolute Gasteiger partial charge is 0.478 e. The fraction of sp³-hybridized carbons (Fsp3) is 0.280. The standard InChI is InChI=1S/C21H24FNS.C4H4O4/c1-14(2)15-7-10-20-19(12-15)17(6-5-11-23(3)4)18-9-8-16(22)13-21(18)24-20;5-3(6)1-2-4(7)8/h6-10,12-14H,5,11H2,1-4H3;1-2H,(H,5,6)(H,7,8)/b17-6+;2-1-. The van der Waals surface area contributed by atoms with E-state index in [0.717, 1.165) is 23.4 Å². The van der Waals surface area contributed by atoms with Gasteiger partial charge in [-0.3, -0.25) is 0 Å². The minimum atomic E-state index is -1.26. The lowest BCUT2D eigenvalue weighted by molar-refractivity contribution is -0.134. The van der Waals surface area contributed by atoms with Crippen LogP contribution < -0.4 is 0 Å². The van der Waals surface area contributed by atoms with E-state index in [1.807, 2.05) is 6.07 Å². The second kappa shape index (κ2) is 11.6. The SMILES string of the molecule is CC(C)c1ccc2c(c1)/C(=C/CCN(C)C)c1ccc(F)cc1S2.O=C(O)/C=C\C(=O)O. The summed E-state index contributed by atoms with van der Waals surface area (Å²) < 4.78 is 13.7. The zero-order valence-electron chi connectivity index (χ0n) is 18.6. The molecule has 3 rings (SSSR count). The lowest BCUT2D eigenvalue weighted by atomic mass is 9.92. The van der Waals surface area contributed by atoms with Crippen LogP contribution in [0.2, 0.25) is 0 Å². The van der Waals surface area contributed by atoms with Gasteiger partial charge in [-0.2, -0.15) is 0 Å². The second-order valence-corrected chi connectivity index (χ2v) is 8.96. The van der Waals surface area contributed by atoms with Gasteiger partial charge in [0.1, 0.15) is 5.82 Å². The summed E-state index contributed by atoms with van der Waals surface area (Å²) in [6.45, 7) is 5.44. The van der Waals surface area contributed by atoms with Gasteiger partial charge in [0.25, 0.3) is 0 Å². The minimum absolute atomic E-state index is 0.170. The van der Waals surface area contributed by atoms with Gasteiger partial charge in [-0.15, -0.1) is 0 Å². The number of aliphatic carboxylic acids is 2. The molecule has 2 aromatic carbocycles. The lowest BCUT2D eigenvalue weighted by Crippen LogP contribution is -2.12. The van der Waals surface area contributed by atoms with Crippen molar-refractivity contribution < 1.29 is 24.2 Å². The van der Waals surface area contributed by atoms with Crippen LogP contribution in [-0.4, -0.2) is 47.7 Å². The molecule has 0 aromatic heterocycles. The second-order valence-electron chi connectivity index (χ2n) is 7.87. The van der Waals surface area contributed by atoms with Crippen molar-refractivity contribution in [2.45, 2.75) is 36.0 Å². The predicted molar refractivity (Wildman–Crippen MR) is 126 cm³/mol. The molecule has 1 heterocycles. The Morgan fingerprint density at radius 3 is 2.22 bits per heavy atom. The van der Waals surface area contributed by atoms with Crippen LogP contribution in [0.5, 0.6) is 0 Å². The highest BCUT2D eigenvalue weighted by Crippen LogP contribution is 2.46. The number of carbonyl (C=O) groups is 2. The van der Waals surface area contributed by atoms with Crippen LogP contribution in [0.4, 0.5) is 4.39 Å². The molecule has 2 N–H and O–H groups in total. The number of benzene rings is 2. The van der Waals surface area contributed by atoms with Crippen molar-refractivity contribution in [1.29, 1.82) is 0 Å². The number of fused-ring (bicyclic) bond motifs is 2. The van der Waals surface area contributed by atoms with Crippen LogP contribution in [0.3, 0.4) is 0 Å². The van der Waals surface area contributed by atoms with Gasteiger partial charge < -0.3 is 15.1 Å². The average molecular weight is 458 g/mol. The molecule has 0 atom stereocenters. The van der Waals surface area contributed by atoms with E-state index in [0.29, 0.717) is 18.1 Å². The number of carboxylic acid groups (broad SMARTS) is 2. The molecule has 0 aliphatic carbocycles. The van der Waals surface area contributed by atoms with Crippen molar-refractivity contribution >= 4 is 29.3 Å². The van der Waals surface area contributed by atoms with Crippen LogP contribution in [0.1, 0.15) is 42.9 Å². The molecule has 5 nitrogen and oxygen atoms in total. The molecule has 0 unspecified atom stereocenters. The zero-order valence-corrected chi connectivity index (χ0v) is 19.4. The van der Waals surface area contributed by atoms with Crippen molar-refractivity contribution in [1.82, 2.24) is 4.90 Å². The molecule has 7 heteroatoms. The first-order valence-electron chi connectivity index (χ1n) is 10.2. The monoisotopic (exact) mass is 457 g/mol. The maximum absolute atomic E-state index is 13.7. The maximum atomic E-state index is 13.7. The number of rotatable bonds is 6. The molecule has 0 amide bonds. The molecule has 0 spiro atoms. The summed E-state index contributed by atoms with van der Waals surface area (Å²) in [7, 11) is 4.17. The highest BCUT2D eigenvalue weighted by molar-refractivity contribution is 7.99. The molecular formula is C25H28FNO4S. The van der Waals surface area contributed by atoms with Crippen LogP contribution in [0.25, 0.3) is 5.57 Å². The zero-order chi connectivity index (χ0) is 23.8. The third-order valence-electron chi connectivity index (χ3n) is 4.71. The third kappa shape index (κ3) is 7.35. The Labute approximate surface area is 192 Å². The molecule has 32 heavy (non-hydrogen) atoms. The Morgan fingerprint density at radius 1 is 1.00 bits per heavy atom. The molecule has 0 fully saturated rings. The number of halogens is 1. The van der Waals surface area contributed by atoms with Gasteiger partial charge in [0.05, 0.1) is 0 Å². The van der Waals surface area contributed by atoms with Crippen molar-refractivity contribution in [3.05, 3.63) is 77.1 Å². The van der Waals surface area contributed by atoms with Gasteiger partial charge in [0.2, 0.25) is 0 Å². The van der Waals surface area contributed by atoms with Gasteiger partial charge in [0.15, 0.2) is 0 Å². The lowest BCUT2D eigenvalue weighted by Gasteiger charge is -2.24. The average Bonchev–Trinajstić information content (AvgIpc) is 2.71. The van der Waals surface area contributed by atoms with Gasteiger partial charge in [-0.05, 0) is 73.0 Å². The molecule has 0 saturated heterocycles. The molecule has 0 radical (unpaired) electrons. The topological polar surface area (TPSA) is 77.8 Å². The van der Waals surface area contributed by atoms with Gasteiger partial charge in [0, 0.05) is 28.5 Å². The van der Waals surface area contributed by atoms with E-state index in [-0.39, 0.29) is 5.82 Å². The first kappa shape index (κ1) is 25.4. The van der Waals surface area contributed by atoms with Gasteiger partial charge in [-0.25, -0.2) is 14.0 Å². The maximum Gasteiger partial charge on any atom is 0.328 e. The summed E-state index contributed by atoms with van der Waals surface area (Å²) in [4.78, 5) is 23.5. The summed E-state index contributed by atoms with van der Waals surface area (Å²) in [5.74, 6) is -2.19. The molecular weight excluding hydrogens is 429 g/mol. The molecule has 1 aliphatic rings. The number of hydrogen-bond donors (Lipinski definition) is 2.